The van der Waals surface area contributed by atoms with E-state index in [-0.39, 0.29) is 12.0 Å². The molecule has 0 aromatic heterocycles. The van der Waals surface area contributed by atoms with Crippen LogP contribution < -0.4 is 0 Å². The lowest BCUT2D eigenvalue weighted by Gasteiger charge is -2.43. The molecular formula is C20H28Cl2N2O2. The van der Waals surface area contributed by atoms with Crippen LogP contribution in [0.3, 0.4) is 0 Å². The first-order chi connectivity index (χ1) is 12.5. The van der Waals surface area contributed by atoms with Crippen LogP contribution in [0.25, 0.3) is 0 Å². The lowest BCUT2D eigenvalue weighted by Crippen LogP contribution is -2.55. The number of nitrogens with zero attached hydrogens (tertiary/aromatic N) is 2. The second-order valence-corrected chi connectivity index (χ2v) is 8.12. The number of halogens is 2. The summed E-state index contributed by atoms with van der Waals surface area (Å²) >= 11 is 12.1. The molecule has 1 heterocycles. The first kappa shape index (κ1) is 19.9. The monoisotopic (exact) mass is 398 g/mol. The Hall–Kier alpha value is -0.810. The third kappa shape index (κ3) is 5.13. The smallest absolute Gasteiger partial charge is 0.219 e. The highest BCUT2D eigenvalue weighted by molar-refractivity contribution is 6.42. The van der Waals surface area contributed by atoms with Crippen molar-refractivity contribution < 1.29 is 9.53 Å². The fourth-order valence-electron chi connectivity index (χ4n) is 4.08. The normalized spacial score (nSPS) is 24.7. The number of piperazine rings is 1. The molecule has 26 heavy (non-hydrogen) atoms. The molecule has 1 amide bonds. The Kier molecular flexibility index (Phi) is 7.21. The number of hydrogen-bond donors (Lipinski definition) is 0. The van der Waals surface area contributed by atoms with Crippen molar-refractivity contribution in [2.45, 2.75) is 51.2 Å². The number of hydrogen-bond acceptors (Lipinski definition) is 3. The van der Waals surface area contributed by atoms with Crippen molar-refractivity contribution in [1.29, 1.82) is 0 Å². The second-order valence-electron chi connectivity index (χ2n) is 7.30. The maximum Gasteiger partial charge on any atom is 0.219 e. The Morgan fingerprint density at radius 2 is 1.85 bits per heavy atom. The van der Waals surface area contributed by atoms with Crippen LogP contribution in [0.2, 0.25) is 10.0 Å². The van der Waals surface area contributed by atoms with E-state index in [2.05, 4.69) is 4.90 Å². The topological polar surface area (TPSA) is 32.8 Å². The first-order valence-electron chi connectivity index (χ1n) is 9.59. The highest BCUT2D eigenvalue weighted by Crippen LogP contribution is 2.27. The van der Waals surface area contributed by atoms with Crippen LogP contribution in [-0.4, -0.2) is 60.6 Å². The molecule has 1 unspecified atom stereocenters. The second kappa shape index (κ2) is 9.41. The molecule has 144 valence electrons. The molecule has 1 saturated carbocycles. The van der Waals surface area contributed by atoms with Crippen molar-refractivity contribution in [3.05, 3.63) is 33.8 Å². The molecule has 4 nitrogen and oxygen atoms in total. The molecule has 3 rings (SSSR count). The summed E-state index contributed by atoms with van der Waals surface area (Å²) in [6.45, 7) is 5.94. The molecule has 1 aliphatic heterocycles. The number of benzene rings is 1. The van der Waals surface area contributed by atoms with Gasteiger partial charge in [-0.2, -0.15) is 0 Å². The molecule has 0 radical (unpaired) electrons. The number of amides is 1. The Morgan fingerprint density at radius 1 is 1.12 bits per heavy atom. The molecule has 2 atom stereocenters. The van der Waals surface area contributed by atoms with E-state index < -0.39 is 0 Å². The molecule has 2 aliphatic rings. The van der Waals surface area contributed by atoms with E-state index in [4.69, 9.17) is 27.9 Å². The zero-order chi connectivity index (χ0) is 18.5. The molecule has 1 aromatic rings. The number of ether oxygens (including phenoxy) is 1. The molecular weight excluding hydrogens is 371 g/mol. The van der Waals surface area contributed by atoms with Gasteiger partial charge in [0.25, 0.3) is 0 Å². The Morgan fingerprint density at radius 3 is 2.54 bits per heavy atom. The maximum absolute atomic E-state index is 11.5. The van der Waals surface area contributed by atoms with Gasteiger partial charge in [-0.3, -0.25) is 9.69 Å². The highest BCUT2D eigenvalue weighted by Gasteiger charge is 2.33. The van der Waals surface area contributed by atoms with E-state index in [0.29, 0.717) is 22.7 Å². The van der Waals surface area contributed by atoms with Crippen LogP contribution in [0.5, 0.6) is 0 Å². The summed E-state index contributed by atoms with van der Waals surface area (Å²) in [5, 5.41) is 1.19. The third-order valence-electron chi connectivity index (χ3n) is 5.60. The SMILES string of the molecule is CC(=O)N1CCN(C2CCCC[C@@H]2OCCc2ccc(Cl)c(Cl)c2)CC1. The minimum absolute atomic E-state index is 0.183. The van der Waals surface area contributed by atoms with E-state index in [1.165, 1.54) is 19.3 Å². The molecule has 0 N–H and O–H groups in total. The van der Waals surface area contributed by atoms with Gasteiger partial charge in [0.1, 0.15) is 0 Å². The fraction of sp³-hybridized carbons (Fsp3) is 0.650. The van der Waals surface area contributed by atoms with Gasteiger partial charge >= 0.3 is 0 Å². The van der Waals surface area contributed by atoms with E-state index in [1.54, 1.807) is 6.92 Å². The third-order valence-corrected chi connectivity index (χ3v) is 6.34. The number of rotatable bonds is 5. The summed E-state index contributed by atoms with van der Waals surface area (Å²) in [5.74, 6) is 0.183. The van der Waals surface area contributed by atoms with Crippen molar-refractivity contribution in [3.8, 4) is 0 Å². The van der Waals surface area contributed by atoms with Crippen LogP contribution in [0, 0.1) is 0 Å². The summed E-state index contributed by atoms with van der Waals surface area (Å²) in [6.07, 6.45) is 5.95. The van der Waals surface area contributed by atoms with Crippen LogP contribution in [0.1, 0.15) is 38.2 Å². The summed E-state index contributed by atoms with van der Waals surface area (Å²) in [7, 11) is 0. The van der Waals surface area contributed by atoms with Gasteiger partial charge in [0, 0.05) is 39.1 Å². The van der Waals surface area contributed by atoms with Gasteiger partial charge in [-0.25, -0.2) is 0 Å². The van der Waals surface area contributed by atoms with Crippen molar-refractivity contribution in [2.75, 3.05) is 32.8 Å². The molecule has 0 spiro atoms. The predicted molar refractivity (Wildman–Crippen MR) is 106 cm³/mol. The average molecular weight is 399 g/mol. The van der Waals surface area contributed by atoms with Gasteiger partial charge in [-0.1, -0.05) is 42.1 Å². The summed E-state index contributed by atoms with van der Waals surface area (Å²) in [4.78, 5) is 16.0. The average Bonchev–Trinajstić information content (AvgIpc) is 2.65. The minimum atomic E-state index is 0.183. The van der Waals surface area contributed by atoms with Crippen molar-refractivity contribution in [1.82, 2.24) is 9.80 Å². The van der Waals surface area contributed by atoms with Gasteiger partial charge in [0.15, 0.2) is 0 Å². The lowest BCUT2D eigenvalue weighted by molar-refractivity contribution is -0.131. The van der Waals surface area contributed by atoms with Crippen LogP contribution in [0.15, 0.2) is 18.2 Å². The van der Waals surface area contributed by atoms with Crippen molar-refractivity contribution in [3.63, 3.8) is 0 Å². The summed E-state index contributed by atoms with van der Waals surface area (Å²) < 4.78 is 6.30. The Labute approximate surface area is 166 Å². The lowest BCUT2D eigenvalue weighted by atomic mass is 9.90. The van der Waals surface area contributed by atoms with E-state index >= 15 is 0 Å². The molecule has 1 aromatic carbocycles. The minimum Gasteiger partial charge on any atom is -0.376 e. The van der Waals surface area contributed by atoms with Crippen molar-refractivity contribution in [2.24, 2.45) is 0 Å². The zero-order valence-electron chi connectivity index (χ0n) is 15.4. The quantitative estimate of drug-likeness (QED) is 0.750. The predicted octanol–water partition coefficient (Wildman–Crippen LogP) is 4.03. The van der Waals surface area contributed by atoms with Gasteiger partial charge in [-0.15, -0.1) is 0 Å². The molecule has 1 aliphatic carbocycles. The molecule has 2 fully saturated rings. The zero-order valence-corrected chi connectivity index (χ0v) is 16.9. The number of carbonyl (C=O) groups excluding carboxylic acids is 1. The summed E-state index contributed by atoms with van der Waals surface area (Å²) in [5.41, 5.74) is 1.15. The van der Waals surface area contributed by atoms with Crippen LogP contribution in [0.4, 0.5) is 0 Å². The van der Waals surface area contributed by atoms with Crippen molar-refractivity contribution >= 4 is 29.1 Å². The van der Waals surface area contributed by atoms with Gasteiger partial charge in [0.05, 0.1) is 22.8 Å². The Bertz CT molecular complexity index is 618. The van der Waals surface area contributed by atoms with E-state index in [9.17, 15) is 4.79 Å². The first-order valence-corrected chi connectivity index (χ1v) is 10.4. The highest BCUT2D eigenvalue weighted by atomic mass is 35.5. The Balaban J connectivity index is 1.51. The van der Waals surface area contributed by atoms with Gasteiger partial charge in [-0.05, 0) is 37.0 Å². The number of carbonyl (C=O) groups is 1. The standard InChI is InChI=1S/C20H28Cl2N2O2/c1-15(25)23-9-11-24(12-10-23)19-4-2-3-5-20(19)26-13-8-16-6-7-17(21)18(22)14-16/h6-7,14,19-20H,2-5,8-13H2,1H3/t19?,20-/m0/s1. The molecule has 6 heteroatoms. The fourth-order valence-corrected chi connectivity index (χ4v) is 4.40. The molecule has 0 bridgehead atoms. The van der Waals surface area contributed by atoms with Gasteiger partial charge < -0.3 is 9.64 Å². The molecule has 1 saturated heterocycles. The van der Waals surface area contributed by atoms with E-state index in [1.807, 2.05) is 23.1 Å². The summed E-state index contributed by atoms with van der Waals surface area (Å²) in [6, 6.07) is 6.26. The largest absolute Gasteiger partial charge is 0.376 e. The van der Waals surface area contributed by atoms with Gasteiger partial charge in [0.2, 0.25) is 5.91 Å². The van der Waals surface area contributed by atoms with Crippen LogP contribution >= 0.6 is 23.2 Å². The van der Waals surface area contributed by atoms with Crippen LogP contribution in [-0.2, 0) is 16.0 Å². The van der Waals surface area contributed by atoms with E-state index in [0.717, 1.165) is 44.6 Å². The maximum atomic E-state index is 11.5.